The number of alkyl halides is 3. The van der Waals surface area contributed by atoms with Crippen LogP contribution >= 0.6 is 11.3 Å². The highest BCUT2D eigenvalue weighted by molar-refractivity contribution is 7.09. The van der Waals surface area contributed by atoms with Gasteiger partial charge in [-0.25, -0.2) is 0 Å². The maximum Gasteiger partial charge on any atom is 0.416 e. The lowest BCUT2D eigenvalue weighted by atomic mass is 10.0. The van der Waals surface area contributed by atoms with Crippen molar-refractivity contribution in [3.05, 3.63) is 57.8 Å². The lowest BCUT2D eigenvalue weighted by molar-refractivity contribution is -0.139. The summed E-state index contributed by atoms with van der Waals surface area (Å²) in [6.45, 7) is 4.48. The SMILES string of the molecule is OC(CN1CCCN(Cc2cccs2)CC1)c1ccccc1C(F)(F)F. The van der Waals surface area contributed by atoms with E-state index in [2.05, 4.69) is 21.2 Å². The molecule has 1 N–H and O–H groups in total. The van der Waals surface area contributed by atoms with Crippen molar-refractivity contribution in [3.8, 4) is 0 Å². The third-order valence-electron chi connectivity index (χ3n) is 4.70. The topological polar surface area (TPSA) is 26.7 Å². The minimum absolute atomic E-state index is 0.0420. The van der Waals surface area contributed by atoms with Crippen LogP contribution in [0.2, 0.25) is 0 Å². The van der Waals surface area contributed by atoms with Crippen molar-refractivity contribution in [1.29, 1.82) is 0 Å². The zero-order valence-corrected chi connectivity index (χ0v) is 15.3. The molecule has 7 heteroatoms. The number of thiophene rings is 1. The largest absolute Gasteiger partial charge is 0.416 e. The van der Waals surface area contributed by atoms with Crippen LogP contribution in [0.25, 0.3) is 0 Å². The van der Waals surface area contributed by atoms with Gasteiger partial charge in [0.15, 0.2) is 0 Å². The molecule has 142 valence electrons. The molecule has 1 aliphatic rings. The molecule has 1 saturated heterocycles. The molecule has 1 fully saturated rings. The predicted molar refractivity (Wildman–Crippen MR) is 97.1 cm³/mol. The Bertz CT molecular complexity index is 690. The van der Waals surface area contributed by atoms with Crippen LogP contribution in [0.4, 0.5) is 13.2 Å². The normalized spacial score (nSPS) is 18.6. The molecule has 0 aliphatic carbocycles. The van der Waals surface area contributed by atoms with E-state index in [1.165, 1.54) is 17.0 Å². The molecule has 0 spiro atoms. The Kier molecular flexibility index (Phi) is 6.34. The maximum atomic E-state index is 13.2. The summed E-state index contributed by atoms with van der Waals surface area (Å²) in [7, 11) is 0. The maximum absolute atomic E-state index is 13.2. The Morgan fingerprint density at radius 3 is 2.46 bits per heavy atom. The van der Waals surface area contributed by atoms with Gasteiger partial charge in [-0.2, -0.15) is 13.2 Å². The van der Waals surface area contributed by atoms with Gasteiger partial charge >= 0.3 is 6.18 Å². The van der Waals surface area contributed by atoms with Crippen molar-refractivity contribution in [1.82, 2.24) is 9.80 Å². The molecule has 0 amide bonds. The van der Waals surface area contributed by atoms with E-state index < -0.39 is 17.8 Å². The average molecular weight is 384 g/mol. The molecule has 3 nitrogen and oxygen atoms in total. The van der Waals surface area contributed by atoms with Crippen LogP contribution in [0.15, 0.2) is 41.8 Å². The summed E-state index contributed by atoms with van der Waals surface area (Å²) in [5.41, 5.74) is -0.790. The summed E-state index contributed by atoms with van der Waals surface area (Å²) in [4.78, 5) is 5.74. The van der Waals surface area contributed by atoms with Gasteiger partial charge in [-0.15, -0.1) is 11.3 Å². The minimum atomic E-state index is -4.45. The minimum Gasteiger partial charge on any atom is -0.387 e. The van der Waals surface area contributed by atoms with Crippen molar-refractivity contribution < 1.29 is 18.3 Å². The Morgan fingerprint density at radius 2 is 1.73 bits per heavy atom. The number of aliphatic hydroxyl groups excluding tert-OH is 1. The van der Waals surface area contributed by atoms with Gasteiger partial charge in [0.05, 0.1) is 11.7 Å². The van der Waals surface area contributed by atoms with Crippen LogP contribution in [-0.2, 0) is 12.7 Å². The Morgan fingerprint density at radius 1 is 1.00 bits per heavy atom. The van der Waals surface area contributed by atoms with E-state index in [0.29, 0.717) is 0 Å². The lowest BCUT2D eigenvalue weighted by Gasteiger charge is -2.25. The second-order valence-corrected chi connectivity index (χ2v) is 7.64. The predicted octanol–water partition coefficient (Wildman–Crippen LogP) is 4.01. The van der Waals surface area contributed by atoms with Gasteiger partial charge in [0, 0.05) is 31.1 Å². The first kappa shape index (κ1) is 19.4. The standard InChI is InChI=1S/C19H23F3N2OS/c20-19(21,22)17-7-2-1-6-16(17)18(25)14-24-9-4-8-23(10-11-24)13-15-5-3-12-26-15/h1-3,5-7,12,18,25H,4,8-11,13-14H2. The first-order valence-corrected chi connectivity index (χ1v) is 9.63. The average Bonchev–Trinajstić information content (AvgIpc) is 3.01. The molecule has 2 heterocycles. The molecule has 26 heavy (non-hydrogen) atoms. The first-order valence-electron chi connectivity index (χ1n) is 8.75. The molecule has 0 bridgehead atoms. The van der Waals surface area contributed by atoms with E-state index >= 15 is 0 Å². The summed E-state index contributed by atoms with van der Waals surface area (Å²) >= 11 is 1.73. The summed E-state index contributed by atoms with van der Waals surface area (Å²) in [6, 6.07) is 9.45. The van der Waals surface area contributed by atoms with E-state index in [1.807, 2.05) is 6.07 Å². The van der Waals surface area contributed by atoms with Crippen molar-refractivity contribution >= 4 is 11.3 Å². The second kappa shape index (κ2) is 8.52. The van der Waals surface area contributed by atoms with Crippen molar-refractivity contribution in [3.63, 3.8) is 0 Å². The quantitative estimate of drug-likeness (QED) is 0.844. The molecule has 1 aromatic carbocycles. The second-order valence-electron chi connectivity index (χ2n) is 6.61. The molecule has 1 aliphatic heterocycles. The van der Waals surface area contributed by atoms with Crippen LogP contribution in [0, 0.1) is 0 Å². The number of nitrogens with zero attached hydrogens (tertiary/aromatic N) is 2. The van der Waals surface area contributed by atoms with Gasteiger partial charge in [-0.05, 0) is 42.6 Å². The first-order chi connectivity index (χ1) is 12.4. The Labute approximate surface area is 155 Å². The van der Waals surface area contributed by atoms with Crippen LogP contribution in [0.5, 0.6) is 0 Å². The highest BCUT2D eigenvalue weighted by Crippen LogP contribution is 2.34. The zero-order chi connectivity index (χ0) is 18.6. The van der Waals surface area contributed by atoms with Gasteiger partial charge in [-0.1, -0.05) is 24.3 Å². The van der Waals surface area contributed by atoms with E-state index in [-0.39, 0.29) is 12.1 Å². The van der Waals surface area contributed by atoms with Crippen molar-refractivity contribution in [2.75, 3.05) is 32.7 Å². The summed E-state index contributed by atoms with van der Waals surface area (Å²) < 4.78 is 39.5. The molecule has 2 aromatic rings. The number of β-amino-alcohol motifs (C(OH)–C–C–N with tert-alkyl or cyclic N) is 1. The van der Waals surface area contributed by atoms with Gasteiger partial charge in [0.2, 0.25) is 0 Å². The molecular formula is C19H23F3N2OS. The van der Waals surface area contributed by atoms with Crippen molar-refractivity contribution in [2.24, 2.45) is 0 Å². The monoisotopic (exact) mass is 384 g/mol. The number of benzene rings is 1. The van der Waals surface area contributed by atoms with E-state index in [4.69, 9.17) is 0 Å². The molecule has 0 saturated carbocycles. The molecule has 1 atom stereocenters. The fourth-order valence-electron chi connectivity index (χ4n) is 3.38. The van der Waals surface area contributed by atoms with Gasteiger partial charge in [-0.3, -0.25) is 9.80 Å². The zero-order valence-electron chi connectivity index (χ0n) is 14.5. The van der Waals surface area contributed by atoms with E-state index in [9.17, 15) is 18.3 Å². The van der Waals surface area contributed by atoms with Gasteiger partial charge < -0.3 is 5.11 Å². The van der Waals surface area contributed by atoms with E-state index in [1.54, 1.807) is 17.4 Å². The molecule has 3 rings (SSSR count). The number of halogens is 3. The third-order valence-corrected chi connectivity index (χ3v) is 5.56. The van der Waals surface area contributed by atoms with Crippen LogP contribution in [0.3, 0.4) is 0 Å². The summed E-state index contributed by atoms with van der Waals surface area (Å²) in [5.74, 6) is 0. The molecular weight excluding hydrogens is 361 g/mol. The number of hydrogen-bond donors (Lipinski definition) is 1. The summed E-state index contributed by atoms with van der Waals surface area (Å²) in [5, 5.41) is 12.5. The van der Waals surface area contributed by atoms with Crippen LogP contribution < -0.4 is 0 Å². The fourth-order valence-corrected chi connectivity index (χ4v) is 4.12. The molecule has 1 aromatic heterocycles. The number of hydrogen-bond acceptors (Lipinski definition) is 4. The third kappa shape index (κ3) is 5.07. The Balaban J connectivity index is 1.59. The molecule has 0 radical (unpaired) electrons. The number of rotatable bonds is 5. The van der Waals surface area contributed by atoms with Gasteiger partial charge in [0.1, 0.15) is 0 Å². The smallest absolute Gasteiger partial charge is 0.387 e. The van der Waals surface area contributed by atoms with E-state index in [0.717, 1.165) is 45.2 Å². The number of aliphatic hydroxyl groups is 1. The van der Waals surface area contributed by atoms with Crippen LogP contribution in [0.1, 0.15) is 28.5 Å². The van der Waals surface area contributed by atoms with Gasteiger partial charge in [0.25, 0.3) is 0 Å². The lowest BCUT2D eigenvalue weighted by Crippen LogP contribution is -2.33. The molecule has 1 unspecified atom stereocenters. The Hall–Kier alpha value is -1.41. The highest BCUT2D eigenvalue weighted by Gasteiger charge is 2.35. The highest BCUT2D eigenvalue weighted by atomic mass is 32.1. The van der Waals surface area contributed by atoms with Crippen LogP contribution in [-0.4, -0.2) is 47.6 Å². The fraction of sp³-hybridized carbons (Fsp3) is 0.474. The van der Waals surface area contributed by atoms with Crippen molar-refractivity contribution in [2.45, 2.75) is 25.2 Å². The summed E-state index contributed by atoms with van der Waals surface area (Å²) in [6.07, 6.45) is -4.65.